The standard InChI is InChI=1S/C15H9ClF6N2O/c16-8-3-4-11-10(6-8)14(15(20,21)22,25-7-13(17,18)19)9-2-1-5-23-12(9)24-11/h1-6H,7H2,(H,23,24). The molecule has 0 saturated heterocycles. The molecule has 0 bridgehead atoms. The van der Waals surface area contributed by atoms with Crippen LogP contribution in [0.5, 0.6) is 0 Å². The summed E-state index contributed by atoms with van der Waals surface area (Å²) in [6.07, 6.45) is -8.93. The molecule has 0 amide bonds. The fourth-order valence-corrected chi connectivity index (χ4v) is 2.88. The number of pyridine rings is 1. The highest BCUT2D eigenvalue weighted by Crippen LogP contribution is 2.55. The molecule has 25 heavy (non-hydrogen) atoms. The Morgan fingerprint density at radius 2 is 1.80 bits per heavy atom. The zero-order valence-electron chi connectivity index (χ0n) is 12.2. The molecule has 134 valence electrons. The van der Waals surface area contributed by atoms with Crippen LogP contribution in [0.2, 0.25) is 5.02 Å². The average molecular weight is 383 g/mol. The van der Waals surface area contributed by atoms with Gasteiger partial charge in [0.1, 0.15) is 12.4 Å². The van der Waals surface area contributed by atoms with Gasteiger partial charge in [-0.3, -0.25) is 0 Å². The number of benzene rings is 1. The Morgan fingerprint density at radius 3 is 2.44 bits per heavy atom. The molecule has 1 unspecified atom stereocenters. The zero-order chi connectivity index (χ0) is 18.5. The third-order valence-electron chi connectivity index (χ3n) is 3.65. The van der Waals surface area contributed by atoms with Gasteiger partial charge in [0.2, 0.25) is 5.60 Å². The van der Waals surface area contributed by atoms with Gasteiger partial charge in [-0.05, 0) is 24.3 Å². The van der Waals surface area contributed by atoms with Gasteiger partial charge >= 0.3 is 12.4 Å². The quantitative estimate of drug-likeness (QED) is 0.727. The number of hydrogen-bond acceptors (Lipinski definition) is 3. The van der Waals surface area contributed by atoms with Crippen molar-refractivity contribution in [2.24, 2.45) is 0 Å². The number of nitrogens with zero attached hydrogens (tertiary/aromatic N) is 1. The topological polar surface area (TPSA) is 34.1 Å². The van der Waals surface area contributed by atoms with E-state index in [0.29, 0.717) is 0 Å². The smallest absolute Gasteiger partial charge is 0.347 e. The number of anilines is 2. The Morgan fingerprint density at radius 1 is 1.08 bits per heavy atom. The van der Waals surface area contributed by atoms with Crippen LogP contribution in [0.4, 0.5) is 37.8 Å². The second-order valence-corrected chi connectivity index (χ2v) is 5.73. The fraction of sp³-hybridized carbons (Fsp3) is 0.267. The van der Waals surface area contributed by atoms with E-state index in [9.17, 15) is 26.3 Å². The molecule has 3 nitrogen and oxygen atoms in total. The minimum Gasteiger partial charge on any atom is -0.347 e. The lowest BCUT2D eigenvalue weighted by Crippen LogP contribution is -2.49. The van der Waals surface area contributed by atoms with Crippen LogP contribution in [-0.2, 0) is 10.3 Å². The van der Waals surface area contributed by atoms with Crippen LogP contribution in [0.25, 0.3) is 0 Å². The van der Waals surface area contributed by atoms with E-state index in [0.717, 1.165) is 12.1 Å². The Balaban J connectivity index is 2.30. The number of rotatable bonds is 2. The van der Waals surface area contributed by atoms with Gasteiger partial charge in [0.25, 0.3) is 0 Å². The average Bonchev–Trinajstić information content (AvgIpc) is 2.49. The van der Waals surface area contributed by atoms with E-state index in [-0.39, 0.29) is 16.5 Å². The molecule has 1 atom stereocenters. The summed E-state index contributed by atoms with van der Waals surface area (Å²) in [5.74, 6) is -0.239. The van der Waals surface area contributed by atoms with Crippen LogP contribution in [0.3, 0.4) is 0 Å². The summed E-state index contributed by atoms with van der Waals surface area (Å²) in [6.45, 7) is -2.09. The molecule has 0 saturated carbocycles. The lowest BCUT2D eigenvalue weighted by molar-refractivity contribution is -0.294. The van der Waals surface area contributed by atoms with Crippen molar-refractivity contribution in [2.45, 2.75) is 18.0 Å². The maximum Gasteiger partial charge on any atom is 0.426 e. The number of aromatic nitrogens is 1. The number of hydrogen-bond donors (Lipinski definition) is 1. The van der Waals surface area contributed by atoms with Crippen molar-refractivity contribution in [3.8, 4) is 0 Å². The maximum absolute atomic E-state index is 14.1. The molecule has 1 N–H and O–H groups in total. The Bertz CT molecular complexity index is 807. The van der Waals surface area contributed by atoms with Crippen molar-refractivity contribution in [1.82, 2.24) is 4.98 Å². The second-order valence-electron chi connectivity index (χ2n) is 5.30. The van der Waals surface area contributed by atoms with Crippen molar-refractivity contribution < 1.29 is 31.1 Å². The molecule has 0 spiro atoms. The summed E-state index contributed by atoms with van der Waals surface area (Å²) in [5.41, 5.74) is -4.56. The second kappa shape index (κ2) is 5.77. The lowest BCUT2D eigenvalue weighted by atomic mass is 9.82. The van der Waals surface area contributed by atoms with Crippen molar-refractivity contribution in [1.29, 1.82) is 0 Å². The van der Waals surface area contributed by atoms with Crippen molar-refractivity contribution in [3.63, 3.8) is 0 Å². The first kappa shape index (κ1) is 17.8. The van der Waals surface area contributed by atoms with E-state index in [1.165, 1.54) is 24.4 Å². The SMILES string of the molecule is FC(F)(F)COC1(C(F)(F)F)c2cc(Cl)ccc2Nc2ncccc21. The minimum absolute atomic E-state index is 0.0721. The molecule has 1 aliphatic heterocycles. The number of fused-ring (bicyclic) bond motifs is 2. The highest BCUT2D eigenvalue weighted by molar-refractivity contribution is 6.30. The fourth-order valence-electron chi connectivity index (χ4n) is 2.71. The number of alkyl halides is 6. The molecule has 0 aliphatic carbocycles. The Hall–Kier alpha value is -2.00. The third-order valence-corrected chi connectivity index (χ3v) is 3.89. The van der Waals surface area contributed by atoms with Crippen LogP contribution in [0.15, 0.2) is 36.5 Å². The first-order valence-corrected chi connectivity index (χ1v) is 7.22. The van der Waals surface area contributed by atoms with Gasteiger partial charge in [0.05, 0.1) is 0 Å². The molecule has 1 aromatic carbocycles. The molecule has 2 aromatic rings. The number of nitrogens with one attached hydrogen (secondary N) is 1. The van der Waals surface area contributed by atoms with Crippen LogP contribution in [-0.4, -0.2) is 23.9 Å². The minimum atomic E-state index is -5.20. The van der Waals surface area contributed by atoms with Gasteiger partial charge < -0.3 is 10.1 Å². The summed E-state index contributed by atoms with van der Waals surface area (Å²) in [4.78, 5) is 3.79. The molecule has 1 aromatic heterocycles. The van der Waals surface area contributed by atoms with Gasteiger partial charge in [-0.1, -0.05) is 17.7 Å². The molecule has 1 aliphatic rings. The summed E-state index contributed by atoms with van der Waals surface area (Å²) in [6, 6.07) is 5.68. The molecule has 2 heterocycles. The largest absolute Gasteiger partial charge is 0.426 e. The van der Waals surface area contributed by atoms with Gasteiger partial charge in [0.15, 0.2) is 0 Å². The molecular formula is C15H9ClF6N2O. The zero-order valence-corrected chi connectivity index (χ0v) is 12.9. The number of halogens is 7. The molecule has 0 fully saturated rings. The third kappa shape index (κ3) is 3.02. The van der Waals surface area contributed by atoms with Crippen LogP contribution >= 0.6 is 11.6 Å². The highest BCUT2D eigenvalue weighted by Gasteiger charge is 2.63. The maximum atomic E-state index is 14.1. The van der Waals surface area contributed by atoms with E-state index in [1.807, 2.05) is 0 Å². The normalized spacial score (nSPS) is 19.8. The van der Waals surface area contributed by atoms with Gasteiger partial charge in [0, 0.05) is 28.0 Å². The van der Waals surface area contributed by atoms with Crippen LogP contribution < -0.4 is 5.32 Å². The van der Waals surface area contributed by atoms with Crippen molar-refractivity contribution >= 4 is 23.1 Å². The van der Waals surface area contributed by atoms with Gasteiger partial charge in [-0.2, -0.15) is 26.3 Å². The lowest BCUT2D eigenvalue weighted by Gasteiger charge is -2.41. The van der Waals surface area contributed by atoms with E-state index in [2.05, 4.69) is 15.0 Å². The van der Waals surface area contributed by atoms with Crippen LogP contribution in [0.1, 0.15) is 11.1 Å². The summed E-state index contributed by atoms with van der Waals surface area (Å²) in [7, 11) is 0. The van der Waals surface area contributed by atoms with E-state index >= 15 is 0 Å². The monoisotopic (exact) mass is 382 g/mol. The highest BCUT2D eigenvalue weighted by atomic mass is 35.5. The first-order valence-electron chi connectivity index (χ1n) is 6.84. The first-order chi connectivity index (χ1) is 11.5. The van der Waals surface area contributed by atoms with E-state index < -0.39 is 35.7 Å². The summed E-state index contributed by atoms with van der Waals surface area (Å²) >= 11 is 5.78. The predicted molar refractivity (Wildman–Crippen MR) is 77.8 cm³/mol. The van der Waals surface area contributed by atoms with Crippen molar-refractivity contribution in [2.75, 3.05) is 11.9 Å². The predicted octanol–water partition coefficient (Wildman–Crippen LogP) is 5.18. The van der Waals surface area contributed by atoms with Crippen LogP contribution in [0, 0.1) is 0 Å². The van der Waals surface area contributed by atoms with Crippen molar-refractivity contribution in [3.05, 3.63) is 52.7 Å². The van der Waals surface area contributed by atoms with Gasteiger partial charge in [-0.15, -0.1) is 0 Å². The van der Waals surface area contributed by atoms with E-state index in [4.69, 9.17) is 11.6 Å². The molecule has 3 rings (SSSR count). The van der Waals surface area contributed by atoms with E-state index in [1.54, 1.807) is 0 Å². The molecular weight excluding hydrogens is 374 g/mol. The number of ether oxygens (including phenoxy) is 1. The Kier molecular flexibility index (Phi) is 4.11. The van der Waals surface area contributed by atoms with Gasteiger partial charge in [-0.25, -0.2) is 4.98 Å². The Labute approximate surface area is 142 Å². The summed E-state index contributed by atoms with van der Waals surface area (Å²) in [5, 5.41) is 2.59. The summed E-state index contributed by atoms with van der Waals surface area (Å²) < 4.78 is 84.7. The molecule has 0 radical (unpaired) electrons. The molecule has 10 heteroatoms.